The average molecular weight is 278 g/mol. The van der Waals surface area contributed by atoms with E-state index in [0.29, 0.717) is 30.8 Å². The minimum absolute atomic E-state index is 0.0338. The quantitative estimate of drug-likeness (QED) is 0.852. The van der Waals surface area contributed by atoms with Gasteiger partial charge in [-0.1, -0.05) is 29.8 Å². The molecular weight excluding hydrogens is 262 g/mol. The van der Waals surface area contributed by atoms with Crippen molar-refractivity contribution in [3.63, 3.8) is 0 Å². The second kappa shape index (κ2) is 6.95. The molecule has 0 radical (unpaired) electrons. The number of aromatic nitrogens is 2. The molecule has 0 bridgehead atoms. The zero-order chi connectivity index (χ0) is 13.5. The topological polar surface area (TPSA) is 57.8 Å². The van der Waals surface area contributed by atoms with Crippen molar-refractivity contribution in [1.82, 2.24) is 15.3 Å². The lowest BCUT2D eigenvalue weighted by atomic mass is 10.1. The van der Waals surface area contributed by atoms with Gasteiger partial charge in [-0.3, -0.25) is 4.79 Å². The summed E-state index contributed by atoms with van der Waals surface area (Å²) < 4.78 is 0. The van der Waals surface area contributed by atoms with Gasteiger partial charge in [-0.25, -0.2) is 4.98 Å². The molecule has 1 amide bonds. The molecule has 2 aromatic rings. The van der Waals surface area contributed by atoms with E-state index in [0.717, 1.165) is 11.4 Å². The Kier molecular flexibility index (Phi) is 4.98. The molecule has 0 atom stereocenters. The van der Waals surface area contributed by atoms with Crippen LogP contribution in [0.25, 0.3) is 0 Å². The first-order valence-electron chi connectivity index (χ1n) is 6.24. The van der Waals surface area contributed by atoms with E-state index in [9.17, 15) is 4.79 Å². The molecule has 0 saturated heterocycles. The van der Waals surface area contributed by atoms with Crippen LogP contribution in [0.5, 0.6) is 0 Å². The summed E-state index contributed by atoms with van der Waals surface area (Å²) >= 11 is 6.04. The van der Waals surface area contributed by atoms with Crippen LogP contribution >= 0.6 is 11.6 Å². The predicted octanol–water partition coefficient (Wildman–Crippen LogP) is 2.35. The monoisotopic (exact) mass is 277 g/mol. The first-order chi connectivity index (χ1) is 9.25. The molecule has 0 aliphatic rings. The van der Waals surface area contributed by atoms with Crippen LogP contribution in [0.3, 0.4) is 0 Å². The maximum absolute atomic E-state index is 11.7. The lowest BCUT2D eigenvalue weighted by Crippen LogP contribution is -2.26. The highest BCUT2D eigenvalue weighted by Crippen LogP contribution is 2.16. The Morgan fingerprint density at radius 1 is 1.32 bits per heavy atom. The van der Waals surface area contributed by atoms with E-state index < -0.39 is 0 Å². The molecule has 0 spiro atoms. The molecule has 0 aliphatic heterocycles. The number of halogens is 1. The number of rotatable bonds is 6. The van der Waals surface area contributed by atoms with E-state index in [2.05, 4.69) is 15.3 Å². The third-order valence-corrected chi connectivity index (χ3v) is 3.19. The number of nitrogens with one attached hydrogen (secondary N) is 2. The minimum Gasteiger partial charge on any atom is -0.356 e. The van der Waals surface area contributed by atoms with Crippen LogP contribution in [0.4, 0.5) is 0 Å². The Morgan fingerprint density at radius 3 is 2.89 bits per heavy atom. The van der Waals surface area contributed by atoms with Crippen molar-refractivity contribution < 1.29 is 4.79 Å². The third kappa shape index (κ3) is 4.41. The number of amides is 1. The molecule has 19 heavy (non-hydrogen) atoms. The smallest absolute Gasteiger partial charge is 0.220 e. The number of nitrogens with zero attached hydrogens (tertiary/aromatic N) is 1. The van der Waals surface area contributed by atoms with Crippen molar-refractivity contribution >= 4 is 17.5 Å². The van der Waals surface area contributed by atoms with Gasteiger partial charge in [0, 0.05) is 36.8 Å². The molecule has 0 unspecified atom stereocenters. The van der Waals surface area contributed by atoms with Crippen LogP contribution in [0.2, 0.25) is 5.02 Å². The van der Waals surface area contributed by atoms with Crippen LogP contribution in [0.1, 0.15) is 17.8 Å². The zero-order valence-corrected chi connectivity index (χ0v) is 11.3. The molecule has 2 N–H and O–H groups in total. The third-order valence-electron chi connectivity index (χ3n) is 2.82. The number of benzene rings is 1. The van der Waals surface area contributed by atoms with Gasteiger partial charge in [-0.05, 0) is 18.1 Å². The lowest BCUT2D eigenvalue weighted by Gasteiger charge is -2.05. The van der Waals surface area contributed by atoms with Crippen LogP contribution in [-0.4, -0.2) is 22.4 Å². The molecule has 1 aromatic carbocycles. The fraction of sp³-hybridized carbons (Fsp3) is 0.286. The summed E-state index contributed by atoms with van der Waals surface area (Å²) in [5, 5.41) is 3.58. The minimum atomic E-state index is 0.0338. The number of H-pyrrole nitrogens is 1. The van der Waals surface area contributed by atoms with Crippen LogP contribution < -0.4 is 5.32 Å². The maximum atomic E-state index is 11.7. The molecule has 1 heterocycles. The molecule has 1 aromatic heterocycles. The fourth-order valence-electron chi connectivity index (χ4n) is 1.79. The highest BCUT2D eigenvalue weighted by atomic mass is 35.5. The summed E-state index contributed by atoms with van der Waals surface area (Å²) in [4.78, 5) is 18.8. The molecule has 5 heteroatoms. The van der Waals surface area contributed by atoms with Crippen molar-refractivity contribution in [3.05, 3.63) is 53.1 Å². The van der Waals surface area contributed by atoms with Crippen LogP contribution in [0, 0.1) is 0 Å². The Balaban J connectivity index is 1.69. The van der Waals surface area contributed by atoms with E-state index in [1.165, 1.54) is 0 Å². The largest absolute Gasteiger partial charge is 0.356 e. The highest BCUT2D eigenvalue weighted by Gasteiger charge is 2.04. The van der Waals surface area contributed by atoms with Crippen molar-refractivity contribution in [1.29, 1.82) is 0 Å². The number of aromatic amines is 1. The van der Waals surface area contributed by atoms with E-state index in [-0.39, 0.29) is 5.91 Å². The predicted molar refractivity (Wildman–Crippen MR) is 75.1 cm³/mol. The molecule has 0 fully saturated rings. The van der Waals surface area contributed by atoms with Crippen molar-refractivity contribution in [2.75, 3.05) is 6.54 Å². The van der Waals surface area contributed by atoms with E-state index >= 15 is 0 Å². The number of hydrogen-bond acceptors (Lipinski definition) is 2. The highest BCUT2D eigenvalue weighted by molar-refractivity contribution is 6.31. The second-order valence-electron chi connectivity index (χ2n) is 4.23. The summed E-state index contributed by atoms with van der Waals surface area (Å²) in [6.45, 7) is 0.592. The van der Waals surface area contributed by atoms with Gasteiger partial charge in [0.1, 0.15) is 5.82 Å². The summed E-state index contributed by atoms with van der Waals surface area (Å²) in [5.41, 5.74) is 1.00. The fourth-order valence-corrected chi connectivity index (χ4v) is 2.02. The first-order valence-corrected chi connectivity index (χ1v) is 6.62. The Morgan fingerprint density at radius 2 is 2.16 bits per heavy atom. The van der Waals surface area contributed by atoms with Gasteiger partial charge in [-0.15, -0.1) is 0 Å². The number of carbonyl (C=O) groups is 1. The second-order valence-corrected chi connectivity index (χ2v) is 4.63. The molecule has 4 nitrogen and oxygen atoms in total. The van der Waals surface area contributed by atoms with Crippen LogP contribution in [0.15, 0.2) is 36.7 Å². The molecule has 0 saturated carbocycles. The molecule has 2 rings (SSSR count). The zero-order valence-electron chi connectivity index (χ0n) is 10.5. The standard InChI is InChI=1S/C14H16ClN3O/c15-12-4-2-1-3-11(12)5-6-14(19)18-8-7-13-16-9-10-17-13/h1-4,9-10H,5-8H2,(H,16,17)(H,18,19). The molecule has 100 valence electrons. The Hall–Kier alpha value is -1.81. The summed E-state index contributed by atoms with van der Waals surface area (Å²) in [5.74, 6) is 0.915. The first kappa shape index (κ1) is 13.6. The summed E-state index contributed by atoms with van der Waals surface area (Å²) in [6, 6.07) is 7.59. The molecule has 0 aliphatic carbocycles. The van der Waals surface area contributed by atoms with Gasteiger partial charge < -0.3 is 10.3 Å². The van der Waals surface area contributed by atoms with Gasteiger partial charge in [0.25, 0.3) is 0 Å². The van der Waals surface area contributed by atoms with Gasteiger partial charge in [-0.2, -0.15) is 0 Å². The molecular formula is C14H16ClN3O. The van der Waals surface area contributed by atoms with Gasteiger partial charge >= 0.3 is 0 Å². The lowest BCUT2D eigenvalue weighted by molar-refractivity contribution is -0.121. The Bertz CT molecular complexity index is 525. The van der Waals surface area contributed by atoms with Crippen molar-refractivity contribution in [2.45, 2.75) is 19.3 Å². The number of carbonyl (C=O) groups excluding carboxylic acids is 1. The van der Waals surface area contributed by atoms with Gasteiger partial charge in [0.15, 0.2) is 0 Å². The van der Waals surface area contributed by atoms with E-state index in [1.54, 1.807) is 12.4 Å². The summed E-state index contributed by atoms with van der Waals surface area (Å²) in [6.07, 6.45) is 5.29. The number of hydrogen-bond donors (Lipinski definition) is 2. The van der Waals surface area contributed by atoms with Crippen LogP contribution in [-0.2, 0) is 17.6 Å². The normalized spacial score (nSPS) is 10.4. The average Bonchev–Trinajstić information content (AvgIpc) is 2.91. The van der Waals surface area contributed by atoms with E-state index in [1.807, 2.05) is 24.3 Å². The summed E-state index contributed by atoms with van der Waals surface area (Å²) in [7, 11) is 0. The SMILES string of the molecule is O=C(CCc1ccccc1Cl)NCCc1ncc[nH]1. The van der Waals surface area contributed by atoms with E-state index in [4.69, 9.17) is 11.6 Å². The van der Waals surface area contributed by atoms with Crippen molar-refractivity contribution in [3.8, 4) is 0 Å². The van der Waals surface area contributed by atoms with Gasteiger partial charge in [0.05, 0.1) is 0 Å². The number of imidazole rings is 1. The van der Waals surface area contributed by atoms with Gasteiger partial charge in [0.2, 0.25) is 5.91 Å². The Labute approximate surface area is 117 Å². The maximum Gasteiger partial charge on any atom is 0.220 e. The van der Waals surface area contributed by atoms with Crippen molar-refractivity contribution in [2.24, 2.45) is 0 Å². The number of aryl methyl sites for hydroxylation is 1.